The van der Waals surface area contributed by atoms with Gasteiger partial charge in [0.2, 0.25) is 0 Å². The lowest BCUT2D eigenvalue weighted by atomic mass is 10.0. The van der Waals surface area contributed by atoms with Crippen molar-refractivity contribution >= 4 is 5.69 Å². The Balaban J connectivity index is 2.06. The quantitative estimate of drug-likeness (QED) is 0.713. The molecule has 17 heavy (non-hydrogen) atoms. The van der Waals surface area contributed by atoms with Crippen LogP contribution in [0.1, 0.15) is 11.1 Å². The molecule has 0 spiro atoms. The lowest BCUT2D eigenvalue weighted by Gasteiger charge is -2.12. The van der Waals surface area contributed by atoms with E-state index in [0.29, 0.717) is 0 Å². The van der Waals surface area contributed by atoms with Gasteiger partial charge < -0.3 is 4.90 Å². The van der Waals surface area contributed by atoms with Gasteiger partial charge in [-0.05, 0) is 42.2 Å². The zero-order chi connectivity index (χ0) is 11.8. The highest BCUT2D eigenvalue weighted by atomic mass is 15.1. The topological polar surface area (TPSA) is 3.24 Å². The summed E-state index contributed by atoms with van der Waals surface area (Å²) >= 11 is 0. The molecule has 1 aliphatic heterocycles. The molecular formula is C16H17N. The van der Waals surface area contributed by atoms with Crippen molar-refractivity contribution in [1.29, 1.82) is 0 Å². The SMILES string of the molecule is Cc1cccc(-c2ccc3c(c2)CCN3C)c1. The Kier molecular flexibility index (Phi) is 2.40. The second-order valence-electron chi connectivity index (χ2n) is 4.88. The van der Waals surface area contributed by atoms with Crippen LogP contribution in [-0.2, 0) is 6.42 Å². The number of nitrogens with zero attached hydrogens (tertiary/aromatic N) is 1. The summed E-state index contributed by atoms with van der Waals surface area (Å²) in [6.07, 6.45) is 1.17. The highest BCUT2D eigenvalue weighted by molar-refractivity contribution is 5.70. The normalized spacial score (nSPS) is 13.9. The zero-order valence-electron chi connectivity index (χ0n) is 10.4. The van der Waals surface area contributed by atoms with Crippen molar-refractivity contribution in [2.45, 2.75) is 13.3 Å². The van der Waals surface area contributed by atoms with Crippen LogP contribution in [0.25, 0.3) is 11.1 Å². The van der Waals surface area contributed by atoms with E-state index in [2.05, 4.69) is 61.3 Å². The van der Waals surface area contributed by atoms with Crippen LogP contribution in [0.5, 0.6) is 0 Å². The Morgan fingerprint density at radius 3 is 2.65 bits per heavy atom. The monoisotopic (exact) mass is 223 g/mol. The van der Waals surface area contributed by atoms with Crippen LogP contribution in [0.15, 0.2) is 42.5 Å². The molecule has 1 aliphatic rings. The molecule has 1 nitrogen and oxygen atoms in total. The van der Waals surface area contributed by atoms with Crippen molar-refractivity contribution in [3.63, 3.8) is 0 Å². The van der Waals surface area contributed by atoms with Crippen molar-refractivity contribution in [3.05, 3.63) is 53.6 Å². The van der Waals surface area contributed by atoms with Gasteiger partial charge in [-0.1, -0.05) is 35.9 Å². The molecule has 0 amide bonds. The van der Waals surface area contributed by atoms with E-state index >= 15 is 0 Å². The lowest BCUT2D eigenvalue weighted by molar-refractivity contribution is 0.956. The van der Waals surface area contributed by atoms with E-state index in [1.54, 1.807) is 0 Å². The Hall–Kier alpha value is -1.76. The van der Waals surface area contributed by atoms with Crippen molar-refractivity contribution in [1.82, 2.24) is 0 Å². The molecule has 0 N–H and O–H groups in total. The zero-order valence-corrected chi connectivity index (χ0v) is 10.4. The number of fused-ring (bicyclic) bond motifs is 1. The van der Waals surface area contributed by atoms with E-state index < -0.39 is 0 Å². The molecule has 2 aromatic carbocycles. The third-order valence-electron chi connectivity index (χ3n) is 3.56. The van der Waals surface area contributed by atoms with Crippen LogP contribution in [0.2, 0.25) is 0 Å². The summed E-state index contributed by atoms with van der Waals surface area (Å²) in [5, 5.41) is 0. The maximum absolute atomic E-state index is 2.34. The van der Waals surface area contributed by atoms with Crippen LogP contribution in [0, 0.1) is 6.92 Å². The van der Waals surface area contributed by atoms with Crippen LogP contribution >= 0.6 is 0 Å². The third kappa shape index (κ3) is 1.82. The molecule has 2 aromatic rings. The minimum absolute atomic E-state index is 1.15. The minimum atomic E-state index is 1.15. The van der Waals surface area contributed by atoms with Crippen LogP contribution < -0.4 is 4.90 Å². The van der Waals surface area contributed by atoms with Crippen molar-refractivity contribution in [2.75, 3.05) is 18.5 Å². The maximum atomic E-state index is 2.34. The molecule has 0 saturated carbocycles. The molecule has 0 aromatic heterocycles. The molecule has 0 unspecified atom stereocenters. The second kappa shape index (κ2) is 3.92. The van der Waals surface area contributed by atoms with Crippen LogP contribution in [0.4, 0.5) is 5.69 Å². The average molecular weight is 223 g/mol. The predicted octanol–water partition coefficient (Wildman–Crippen LogP) is 3.65. The van der Waals surface area contributed by atoms with E-state index in [-0.39, 0.29) is 0 Å². The molecule has 0 atom stereocenters. The third-order valence-corrected chi connectivity index (χ3v) is 3.56. The fourth-order valence-corrected chi connectivity index (χ4v) is 2.57. The van der Waals surface area contributed by atoms with E-state index in [1.165, 1.54) is 34.4 Å². The van der Waals surface area contributed by atoms with Crippen molar-refractivity contribution < 1.29 is 0 Å². The predicted molar refractivity (Wildman–Crippen MR) is 73.6 cm³/mol. The molecule has 0 saturated heterocycles. The summed E-state index contributed by atoms with van der Waals surface area (Å²) in [7, 11) is 2.16. The van der Waals surface area contributed by atoms with Gasteiger partial charge in [-0.3, -0.25) is 0 Å². The van der Waals surface area contributed by atoms with E-state index in [1.807, 2.05) is 0 Å². The Morgan fingerprint density at radius 2 is 1.82 bits per heavy atom. The second-order valence-corrected chi connectivity index (χ2v) is 4.88. The Morgan fingerprint density at radius 1 is 1.00 bits per heavy atom. The number of hydrogen-bond donors (Lipinski definition) is 0. The standard InChI is InChI=1S/C16H17N/c1-12-4-3-5-13(10-12)14-6-7-16-15(11-14)8-9-17(16)2/h3-7,10-11H,8-9H2,1-2H3. The van der Waals surface area contributed by atoms with Gasteiger partial charge in [0.05, 0.1) is 0 Å². The fourth-order valence-electron chi connectivity index (χ4n) is 2.57. The number of benzene rings is 2. The van der Waals surface area contributed by atoms with Crippen molar-refractivity contribution in [3.8, 4) is 11.1 Å². The molecule has 86 valence electrons. The first-order valence-corrected chi connectivity index (χ1v) is 6.15. The van der Waals surface area contributed by atoms with Gasteiger partial charge in [0.15, 0.2) is 0 Å². The maximum Gasteiger partial charge on any atom is 0.0397 e. The summed E-state index contributed by atoms with van der Waals surface area (Å²) in [4.78, 5) is 2.33. The summed E-state index contributed by atoms with van der Waals surface area (Å²) in [6, 6.07) is 15.5. The highest BCUT2D eigenvalue weighted by Gasteiger charge is 2.15. The first-order chi connectivity index (χ1) is 8.24. The number of anilines is 1. The van der Waals surface area contributed by atoms with Gasteiger partial charge in [0.25, 0.3) is 0 Å². The van der Waals surface area contributed by atoms with Gasteiger partial charge in [0, 0.05) is 19.3 Å². The van der Waals surface area contributed by atoms with Crippen LogP contribution in [-0.4, -0.2) is 13.6 Å². The molecule has 0 aliphatic carbocycles. The Labute approximate surface area is 103 Å². The summed E-state index contributed by atoms with van der Waals surface area (Å²) in [5.74, 6) is 0. The van der Waals surface area contributed by atoms with Gasteiger partial charge in [-0.2, -0.15) is 0 Å². The molecule has 0 bridgehead atoms. The number of rotatable bonds is 1. The van der Waals surface area contributed by atoms with Crippen molar-refractivity contribution in [2.24, 2.45) is 0 Å². The molecule has 0 fully saturated rings. The Bertz CT molecular complexity index is 557. The van der Waals surface area contributed by atoms with E-state index in [4.69, 9.17) is 0 Å². The number of likely N-dealkylation sites (N-methyl/N-ethyl adjacent to an activating group) is 1. The summed E-state index contributed by atoms with van der Waals surface area (Å²) in [6.45, 7) is 3.29. The minimum Gasteiger partial charge on any atom is -0.374 e. The highest BCUT2D eigenvalue weighted by Crippen LogP contribution is 2.31. The summed E-state index contributed by atoms with van der Waals surface area (Å²) < 4.78 is 0. The van der Waals surface area contributed by atoms with Gasteiger partial charge >= 0.3 is 0 Å². The smallest absolute Gasteiger partial charge is 0.0397 e. The average Bonchev–Trinajstić information content (AvgIpc) is 2.71. The largest absolute Gasteiger partial charge is 0.374 e. The van der Waals surface area contributed by atoms with E-state index in [9.17, 15) is 0 Å². The van der Waals surface area contributed by atoms with Gasteiger partial charge in [0.1, 0.15) is 0 Å². The van der Waals surface area contributed by atoms with Gasteiger partial charge in [-0.15, -0.1) is 0 Å². The van der Waals surface area contributed by atoms with E-state index in [0.717, 1.165) is 6.54 Å². The first-order valence-electron chi connectivity index (χ1n) is 6.15. The van der Waals surface area contributed by atoms with Gasteiger partial charge in [-0.25, -0.2) is 0 Å². The molecule has 1 heteroatoms. The molecule has 0 radical (unpaired) electrons. The lowest BCUT2D eigenvalue weighted by Crippen LogP contribution is -2.12. The summed E-state index contributed by atoms with van der Waals surface area (Å²) in [5.41, 5.74) is 6.85. The molecule has 1 heterocycles. The molecular weight excluding hydrogens is 206 g/mol. The molecule has 3 rings (SSSR count). The van der Waals surface area contributed by atoms with Crippen LogP contribution in [0.3, 0.4) is 0 Å². The first kappa shape index (κ1) is 10.4. The number of hydrogen-bond acceptors (Lipinski definition) is 1. The number of aryl methyl sites for hydroxylation is 1. The fraction of sp³-hybridized carbons (Fsp3) is 0.250.